The minimum Gasteiger partial charge on any atom is -0.508 e. The molecule has 0 aromatic heterocycles. The molecule has 0 radical (unpaired) electrons. The van der Waals surface area contributed by atoms with Gasteiger partial charge in [0.25, 0.3) is 0 Å². The zero-order chi connectivity index (χ0) is 16.1. The molecule has 23 heavy (non-hydrogen) atoms. The molecule has 2 aromatic rings. The molecule has 2 aromatic carbocycles. The summed E-state index contributed by atoms with van der Waals surface area (Å²) in [5, 5.41) is 19.4. The SMILES string of the molecule is Oc1ccc(COCC(O)CN2CCc3ccccc3C2)cc1. The lowest BCUT2D eigenvalue weighted by Gasteiger charge is -2.30. The average Bonchev–Trinajstić information content (AvgIpc) is 2.56. The van der Waals surface area contributed by atoms with Crippen molar-refractivity contribution in [1.29, 1.82) is 0 Å². The number of rotatable bonds is 6. The summed E-state index contributed by atoms with van der Waals surface area (Å²) in [7, 11) is 0. The van der Waals surface area contributed by atoms with Crippen LogP contribution >= 0.6 is 0 Å². The summed E-state index contributed by atoms with van der Waals surface area (Å²) in [6, 6.07) is 15.4. The summed E-state index contributed by atoms with van der Waals surface area (Å²) in [4.78, 5) is 2.27. The van der Waals surface area contributed by atoms with Crippen molar-refractivity contribution in [2.75, 3.05) is 19.7 Å². The summed E-state index contributed by atoms with van der Waals surface area (Å²) in [5.41, 5.74) is 3.76. The first-order valence-corrected chi connectivity index (χ1v) is 8.03. The van der Waals surface area contributed by atoms with Gasteiger partial charge in [0.2, 0.25) is 0 Å². The first-order valence-electron chi connectivity index (χ1n) is 8.03. The van der Waals surface area contributed by atoms with Crippen molar-refractivity contribution in [1.82, 2.24) is 4.90 Å². The number of hydrogen-bond acceptors (Lipinski definition) is 4. The fraction of sp³-hybridized carbons (Fsp3) is 0.368. The van der Waals surface area contributed by atoms with Crippen molar-refractivity contribution < 1.29 is 14.9 Å². The fourth-order valence-electron chi connectivity index (χ4n) is 2.97. The van der Waals surface area contributed by atoms with Gasteiger partial charge in [-0.05, 0) is 35.2 Å². The molecule has 0 saturated heterocycles. The number of phenolic OH excluding ortho intramolecular Hbond substituents is 1. The van der Waals surface area contributed by atoms with Crippen molar-refractivity contribution >= 4 is 0 Å². The van der Waals surface area contributed by atoms with Gasteiger partial charge in [-0.15, -0.1) is 0 Å². The van der Waals surface area contributed by atoms with Crippen molar-refractivity contribution in [2.45, 2.75) is 25.7 Å². The lowest BCUT2D eigenvalue weighted by molar-refractivity contribution is 0.00773. The van der Waals surface area contributed by atoms with Gasteiger partial charge >= 0.3 is 0 Å². The number of aromatic hydroxyl groups is 1. The van der Waals surface area contributed by atoms with E-state index < -0.39 is 6.10 Å². The Balaban J connectivity index is 1.41. The van der Waals surface area contributed by atoms with E-state index in [1.165, 1.54) is 11.1 Å². The van der Waals surface area contributed by atoms with E-state index in [1.807, 2.05) is 12.1 Å². The van der Waals surface area contributed by atoms with Crippen LogP contribution in [-0.2, 0) is 24.3 Å². The first-order chi connectivity index (χ1) is 11.2. The highest BCUT2D eigenvalue weighted by atomic mass is 16.5. The van der Waals surface area contributed by atoms with Crippen LogP contribution in [0.1, 0.15) is 16.7 Å². The Morgan fingerprint density at radius 3 is 2.57 bits per heavy atom. The zero-order valence-electron chi connectivity index (χ0n) is 13.2. The predicted molar refractivity (Wildman–Crippen MR) is 89.2 cm³/mol. The van der Waals surface area contributed by atoms with E-state index in [0.717, 1.165) is 25.1 Å². The monoisotopic (exact) mass is 313 g/mol. The standard InChI is InChI=1S/C19H23NO3/c21-18-7-5-15(6-8-18)13-23-14-19(22)12-20-10-9-16-3-1-2-4-17(16)11-20/h1-8,19,21-22H,9-14H2. The van der Waals surface area contributed by atoms with E-state index in [2.05, 4.69) is 29.2 Å². The highest BCUT2D eigenvalue weighted by molar-refractivity contribution is 5.29. The Bertz CT molecular complexity index is 627. The van der Waals surface area contributed by atoms with E-state index in [9.17, 15) is 10.2 Å². The van der Waals surface area contributed by atoms with Gasteiger partial charge in [-0.1, -0.05) is 36.4 Å². The molecule has 0 amide bonds. The lowest BCUT2D eigenvalue weighted by Crippen LogP contribution is -2.38. The Kier molecular flexibility index (Phi) is 5.28. The molecule has 2 N–H and O–H groups in total. The number of ether oxygens (including phenoxy) is 1. The van der Waals surface area contributed by atoms with E-state index in [-0.39, 0.29) is 5.75 Å². The quantitative estimate of drug-likeness (QED) is 0.859. The maximum Gasteiger partial charge on any atom is 0.115 e. The third-order valence-corrected chi connectivity index (χ3v) is 4.19. The van der Waals surface area contributed by atoms with Gasteiger partial charge in [0, 0.05) is 19.6 Å². The molecule has 4 nitrogen and oxygen atoms in total. The van der Waals surface area contributed by atoms with Crippen LogP contribution in [0.25, 0.3) is 0 Å². The third-order valence-electron chi connectivity index (χ3n) is 4.19. The predicted octanol–water partition coefficient (Wildman–Crippen LogP) is 2.33. The maximum absolute atomic E-state index is 10.2. The van der Waals surface area contributed by atoms with Crippen molar-refractivity contribution in [2.24, 2.45) is 0 Å². The Labute approximate surface area is 136 Å². The van der Waals surface area contributed by atoms with Crippen LogP contribution in [0.4, 0.5) is 0 Å². The van der Waals surface area contributed by atoms with Crippen LogP contribution in [0.5, 0.6) is 5.75 Å². The summed E-state index contributed by atoms with van der Waals surface area (Å²) < 4.78 is 5.57. The lowest BCUT2D eigenvalue weighted by atomic mass is 10.00. The Hall–Kier alpha value is -1.88. The molecule has 0 bridgehead atoms. The number of nitrogens with zero attached hydrogens (tertiary/aromatic N) is 1. The van der Waals surface area contributed by atoms with Gasteiger partial charge < -0.3 is 14.9 Å². The molecule has 0 spiro atoms. The molecule has 1 heterocycles. The minimum absolute atomic E-state index is 0.249. The van der Waals surface area contributed by atoms with Crippen molar-refractivity contribution in [3.8, 4) is 5.75 Å². The largest absolute Gasteiger partial charge is 0.508 e. The first kappa shape index (κ1) is 16.0. The second kappa shape index (κ2) is 7.59. The number of benzene rings is 2. The fourth-order valence-corrected chi connectivity index (χ4v) is 2.97. The summed E-state index contributed by atoms with van der Waals surface area (Å²) in [6.07, 6.45) is 0.550. The van der Waals surface area contributed by atoms with Crippen LogP contribution in [0.2, 0.25) is 0 Å². The molecular formula is C19H23NO3. The number of β-amino-alcohol motifs (C(OH)–C–C–N with tert-alkyl or cyclic N) is 1. The Morgan fingerprint density at radius 1 is 1.04 bits per heavy atom. The van der Waals surface area contributed by atoms with Gasteiger partial charge in [-0.25, -0.2) is 0 Å². The van der Waals surface area contributed by atoms with Gasteiger partial charge in [-0.2, -0.15) is 0 Å². The van der Waals surface area contributed by atoms with Crippen LogP contribution in [0.15, 0.2) is 48.5 Å². The molecule has 0 saturated carbocycles. The third kappa shape index (κ3) is 4.55. The van der Waals surface area contributed by atoms with Crippen LogP contribution < -0.4 is 0 Å². The minimum atomic E-state index is -0.489. The molecule has 1 atom stereocenters. The summed E-state index contributed by atoms with van der Waals surface area (Å²) in [5.74, 6) is 0.249. The molecule has 1 aliphatic rings. The number of hydrogen-bond donors (Lipinski definition) is 2. The molecule has 0 fully saturated rings. The van der Waals surface area contributed by atoms with Gasteiger partial charge in [0.15, 0.2) is 0 Å². The highest BCUT2D eigenvalue weighted by Gasteiger charge is 2.18. The van der Waals surface area contributed by atoms with E-state index in [4.69, 9.17) is 4.74 Å². The smallest absolute Gasteiger partial charge is 0.115 e. The number of aliphatic hydroxyl groups excluding tert-OH is 1. The van der Waals surface area contributed by atoms with E-state index in [0.29, 0.717) is 19.8 Å². The molecule has 1 unspecified atom stereocenters. The maximum atomic E-state index is 10.2. The van der Waals surface area contributed by atoms with Gasteiger partial charge in [0.1, 0.15) is 5.75 Å². The number of fused-ring (bicyclic) bond motifs is 1. The molecule has 1 aliphatic heterocycles. The van der Waals surface area contributed by atoms with Crippen LogP contribution in [0.3, 0.4) is 0 Å². The summed E-state index contributed by atoms with van der Waals surface area (Å²) >= 11 is 0. The molecule has 4 heteroatoms. The number of phenols is 1. The highest BCUT2D eigenvalue weighted by Crippen LogP contribution is 2.18. The zero-order valence-corrected chi connectivity index (χ0v) is 13.2. The van der Waals surface area contributed by atoms with E-state index >= 15 is 0 Å². The second-order valence-corrected chi connectivity index (χ2v) is 6.09. The topological polar surface area (TPSA) is 52.9 Å². The van der Waals surface area contributed by atoms with E-state index in [1.54, 1.807) is 12.1 Å². The number of aliphatic hydroxyl groups is 1. The molecular weight excluding hydrogens is 290 g/mol. The van der Waals surface area contributed by atoms with Gasteiger partial charge in [-0.3, -0.25) is 4.90 Å². The Morgan fingerprint density at radius 2 is 1.78 bits per heavy atom. The van der Waals surface area contributed by atoms with Crippen LogP contribution in [0, 0.1) is 0 Å². The molecule has 3 rings (SSSR count). The molecule has 0 aliphatic carbocycles. The van der Waals surface area contributed by atoms with Gasteiger partial charge in [0.05, 0.1) is 19.3 Å². The normalized spacial score (nSPS) is 16.0. The molecule has 122 valence electrons. The van der Waals surface area contributed by atoms with Crippen molar-refractivity contribution in [3.63, 3.8) is 0 Å². The second-order valence-electron chi connectivity index (χ2n) is 6.09. The average molecular weight is 313 g/mol. The van der Waals surface area contributed by atoms with Crippen molar-refractivity contribution in [3.05, 3.63) is 65.2 Å². The van der Waals surface area contributed by atoms with Crippen LogP contribution in [-0.4, -0.2) is 40.9 Å². The summed E-state index contributed by atoms with van der Waals surface area (Å²) in [6.45, 7) is 3.26.